The first-order chi connectivity index (χ1) is 11.4. The summed E-state index contributed by atoms with van der Waals surface area (Å²) in [6.45, 7) is 28.1. The van der Waals surface area contributed by atoms with Gasteiger partial charge < -0.3 is 24.7 Å². The maximum Gasteiger partial charge on any atom is 0.343 e. The van der Waals surface area contributed by atoms with Gasteiger partial charge in [-0.1, -0.05) is 11.4 Å². The Bertz CT molecular complexity index is 470. The van der Waals surface area contributed by atoms with E-state index in [0.717, 1.165) is 0 Å². The highest BCUT2D eigenvalue weighted by molar-refractivity contribution is 6.95. The Morgan fingerprint density at radius 1 is 0.423 bits per heavy atom. The third-order valence-corrected chi connectivity index (χ3v) is 27.2. The van der Waals surface area contributed by atoms with Crippen molar-refractivity contribution in [3.05, 3.63) is 24.6 Å². The van der Waals surface area contributed by atoms with Crippen molar-refractivity contribution >= 4 is 51.4 Å². The second-order valence-electron chi connectivity index (χ2n) is 8.65. The van der Waals surface area contributed by atoms with Gasteiger partial charge in [0.2, 0.25) is 0 Å². The number of hydrogen-bond acceptors (Lipinski definition) is 6. The molecule has 152 valence electrons. The average molecular weight is 469 g/mol. The largest absolute Gasteiger partial charge is 0.416 e. The quantitative estimate of drug-likeness (QED) is 0.556. The van der Waals surface area contributed by atoms with E-state index in [0.29, 0.717) is 0 Å². The summed E-state index contributed by atoms with van der Waals surface area (Å²) in [4.78, 5) is 0. The lowest BCUT2D eigenvalue weighted by atomic mass is 11.3. The van der Waals surface area contributed by atoms with Gasteiger partial charge in [-0.15, -0.1) is 13.2 Å². The van der Waals surface area contributed by atoms with Crippen molar-refractivity contribution < 1.29 is 24.7 Å². The van der Waals surface area contributed by atoms with Crippen LogP contribution in [0.15, 0.2) is 24.6 Å². The Hall–Kier alpha value is 0.541. The van der Waals surface area contributed by atoms with Gasteiger partial charge in [0.25, 0.3) is 0 Å². The summed E-state index contributed by atoms with van der Waals surface area (Å²) in [5.74, 6) is 0. The van der Waals surface area contributed by atoms with Gasteiger partial charge in [-0.25, -0.2) is 0 Å². The fraction of sp³-hybridized carbons (Fsp3) is 0.714. The van der Waals surface area contributed by atoms with Crippen LogP contribution >= 0.6 is 0 Å². The maximum atomic E-state index is 6.48. The molecule has 1 aliphatic rings. The average Bonchev–Trinajstić information content (AvgIpc) is 2.30. The van der Waals surface area contributed by atoms with Crippen molar-refractivity contribution in [2.45, 2.75) is 65.5 Å². The Labute approximate surface area is 166 Å². The lowest BCUT2D eigenvalue weighted by Gasteiger charge is -2.46. The van der Waals surface area contributed by atoms with E-state index in [9.17, 15) is 0 Å². The van der Waals surface area contributed by atoms with E-state index in [1.54, 1.807) is 0 Å². The van der Waals surface area contributed by atoms with E-state index >= 15 is 0 Å². The molecule has 0 N–H and O–H groups in total. The molecule has 1 heterocycles. The first-order valence-corrected chi connectivity index (χ1v) is 24.9. The minimum absolute atomic E-state index is 1.81. The zero-order valence-corrected chi connectivity index (χ0v) is 24.0. The van der Waals surface area contributed by atoms with Crippen LogP contribution in [0.5, 0.6) is 0 Å². The minimum atomic E-state index is -2.66. The lowest BCUT2D eigenvalue weighted by molar-refractivity contribution is 0.244. The van der Waals surface area contributed by atoms with Gasteiger partial charge in [0.05, 0.1) is 0 Å². The van der Waals surface area contributed by atoms with E-state index in [1.807, 2.05) is 76.9 Å². The van der Waals surface area contributed by atoms with Gasteiger partial charge in [-0.3, -0.25) is 0 Å². The molecule has 6 nitrogen and oxygen atoms in total. The molecule has 0 atom stereocenters. The molecule has 0 aliphatic carbocycles. The zero-order valence-electron chi connectivity index (χ0n) is 18.0. The second kappa shape index (κ2) is 7.75. The van der Waals surface area contributed by atoms with Gasteiger partial charge in [0.15, 0.2) is 0 Å². The van der Waals surface area contributed by atoms with Crippen molar-refractivity contribution in [2.75, 3.05) is 0 Å². The van der Waals surface area contributed by atoms with Crippen molar-refractivity contribution in [1.82, 2.24) is 0 Å². The molecule has 0 aromatic heterocycles. The predicted molar refractivity (Wildman–Crippen MR) is 120 cm³/mol. The molecule has 0 saturated carbocycles. The topological polar surface area (TPSA) is 55.4 Å². The summed E-state index contributed by atoms with van der Waals surface area (Å²) in [7, 11) is -15.4. The molecule has 26 heavy (non-hydrogen) atoms. The molecule has 0 aromatic rings. The van der Waals surface area contributed by atoms with Crippen LogP contribution < -0.4 is 0 Å². The van der Waals surface area contributed by atoms with Crippen molar-refractivity contribution in [3.63, 3.8) is 0 Å². The molecule has 1 rings (SSSR count). The highest BCUT2D eigenvalue weighted by atomic mass is 28.5. The Balaban J connectivity index is 3.39. The van der Waals surface area contributed by atoms with Crippen LogP contribution in [0.2, 0.25) is 65.5 Å². The Morgan fingerprint density at radius 3 is 0.769 bits per heavy atom. The Morgan fingerprint density at radius 2 is 0.615 bits per heavy atom. The second-order valence-corrected chi connectivity index (χ2v) is 29.6. The highest BCUT2D eigenvalue weighted by Crippen LogP contribution is 2.31. The van der Waals surface area contributed by atoms with Gasteiger partial charge in [0.1, 0.15) is 0 Å². The predicted octanol–water partition coefficient (Wildman–Crippen LogP) is 4.50. The monoisotopic (exact) mass is 468 g/mol. The normalized spacial score (nSPS) is 37.0. The number of rotatable bonds is 2. The molecule has 0 radical (unpaired) electrons. The van der Waals surface area contributed by atoms with Crippen molar-refractivity contribution in [1.29, 1.82) is 0 Å². The van der Waals surface area contributed by atoms with E-state index in [-0.39, 0.29) is 0 Å². The molecular weight excluding hydrogens is 433 g/mol. The third kappa shape index (κ3) is 7.52. The van der Waals surface area contributed by atoms with E-state index < -0.39 is 51.4 Å². The molecule has 0 aromatic carbocycles. The van der Waals surface area contributed by atoms with Gasteiger partial charge in [-0.2, -0.15) is 0 Å². The fourth-order valence-electron chi connectivity index (χ4n) is 3.43. The van der Waals surface area contributed by atoms with Crippen molar-refractivity contribution in [3.8, 4) is 0 Å². The molecule has 0 bridgehead atoms. The van der Waals surface area contributed by atoms with Gasteiger partial charge >= 0.3 is 51.4 Å². The summed E-state index contributed by atoms with van der Waals surface area (Å²) in [5, 5.41) is 0. The van der Waals surface area contributed by atoms with E-state index in [1.165, 1.54) is 0 Å². The summed E-state index contributed by atoms with van der Waals surface area (Å²) >= 11 is 0. The van der Waals surface area contributed by atoms with Crippen LogP contribution in [0.4, 0.5) is 0 Å². The van der Waals surface area contributed by atoms with E-state index in [4.69, 9.17) is 24.7 Å². The third-order valence-electron chi connectivity index (χ3n) is 3.52. The molecule has 1 saturated heterocycles. The van der Waals surface area contributed by atoms with E-state index in [2.05, 4.69) is 13.2 Å². The first kappa shape index (κ1) is 24.6. The summed E-state index contributed by atoms with van der Waals surface area (Å²) in [5.41, 5.74) is 3.62. The standard InChI is InChI=1S/C14H36O6Si6/c1-13-25(11)17-21(3,4)15-23(7,8)19-26(12,14-2)20-24(9,10)16-22(5,6)18-25/h13-14H,1-2H2,3-12H3. The molecular formula is C14H36O6Si6. The van der Waals surface area contributed by atoms with Crippen LogP contribution in [-0.4, -0.2) is 51.4 Å². The van der Waals surface area contributed by atoms with Crippen LogP contribution in [-0.2, 0) is 24.7 Å². The summed E-state index contributed by atoms with van der Waals surface area (Å²) in [6.07, 6.45) is 0. The van der Waals surface area contributed by atoms with Gasteiger partial charge in [-0.05, 0) is 65.5 Å². The molecule has 0 amide bonds. The Kier molecular flexibility index (Phi) is 7.33. The van der Waals surface area contributed by atoms with Gasteiger partial charge in [0, 0.05) is 0 Å². The summed E-state index contributed by atoms with van der Waals surface area (Å²) < 4.78 is 38.8. The lowest BCUT2D eigenvalue weighted by Crippen LogP contribution is -2.64. The summed E-state index contributed by atoms with van der Waals surface area (Å²) in [6, 6.07) is 0. The minimum Gasteiger partial charge on any atom is -0.416 e. The first-order valence-electron chi connectivity index (χ1n) is 8.84. The smallest absolute Gasteiger partial charge is 0.343 e. The zero-order chi connectivity index (χ0) is 20.7. The van der Waals surface area contributed by atoms with Crippen molar-refractivity contribution in [2.24, 2.45) is 0 Å². The SMILES string of the molecule is C=C[Si]1(C)O[Si](C)(C)O[Si](C)(C)O[Si](C)(C=C)O[Si](C)(C)O[Si](C)(C)O1. The molecule has 0 spiro atoms. The molecule has 1 fully saturated rings. The number of hydrogen-bond donors (Lipinski definition) is 0. The molecule has 1 aliphatic heterocycles. The van der Waals surface area contributed by atoms with Crippen LogP contribution in [0.25, 0.3) is 0 Å². The maximum absolute atomic E-state index is 6.48. The van der Waals surface area contributed by atoms with Crippen LogP contribution in [0.1, 0.15) is 0 Å². The van der Waals surface area contributed by atoms with Crippen LogP contribution in [0, 0.1) is 0 Å². The highest BCUT2D eigenvalue weighted by Gasteiger charge is 2.52. The fourth-order valence-corrected chi connectivity index (χ4v) is 33.1. The molecule has 12 heteroatoms. The van der Waals surface area contributed by atoms with Crippen LogP contribution in [0.3, 0.4) is 0 Å². The molecule has 0 unspecified atom stereocenters.